The molecule has 0 spiro atoms. The molecule has 1 saturated carbocycles. The van der Waals surface area contributed by atoms with Crippen molar-refractivity contribution in [3.63, 3.8) is 0 Å². The molecule has 1 rings (SSSR count). The van der Waals surface area contributed by atoms with Gasteiger partial charge in [0.05, 0.1) is 0 Å². The van der Waals surface area contributed by atoms with Crippen molar-refractivity contribution in [1.82, 2.24) is 4.90 Å². The molecule has 0 saturated heterocycles. The van der Waals surface area contributed by atoms with Gasteiger partial charge in [0.15, 0.2) is 0 Å². The lowest BCUT2D eigenvalue weighted by atomic mass is 9.85. The highest BCUT2D eigenvalue weighted by Crippen LogP contribution is 2.25. The average Bonchev–Trinajstić information content (AvgIpc) is 2.18. The quantitative estimate of drug-likeness (QED) is 0.832. The second kappa shape index (κ2) is 7.13. The van der Waals surface area contributed by atoms with Crippen LogP contribution in [-0.4, -0.2) is 29.4 Å². The van der Waals surface area contributed by atoms with E-state index in [0.717, 1.165) is 32.2 Å². The van der Waals surface area contributed by atoms with Crippen LogP contribution in [0, 0.1) is 5.92 Å². The van der Waals surface area contributed by atoms with Crippen molar-refractivity contribution in [3.8, 4) is 0 Å². The van der Waals surface area contributed by atoms with Crippen LogP contribution < -0.4 is 5.73 Å². The number of halogens is 1. The molecule has 0 aliphatic heterocycles. The van der Waals surface area contributed by atoms with Gasteiger partial charge in [0, 0.05) is 24.5 Å². The maximum absolute atomic E-state index is 12.2. The molecule has 1 fully saturated rings. The van der Waals surface area contributed by atoms with E-state index < -0.39 is 0 Å². The van der Waals surface area contributed by atoms with Crippen molar-refractivity contribution in [2.24, 2.45) is 11.7 Å². The molecule has 0 radical (unpaired) electrons. The summed E-state index contributed by atoms with van der Waals surface area (Å²) < 4.78 is 0. The predicted octanol–water partition coefficient (Wildman–Crippen LogP) is 2.18. The second-order valence-electron chi connectivity index (χ2n) is 4.84. The van der Waals surface area contributed by atoms with Gasteiger partial charge in [-0.1, -0.05) is 6.42 Å². The summed E-state index contributed by atoms with van der Waals surface area (Å²) in [5, 5.41) is 0. The van der Waals surface area contributed by atoms with E-state index in [1.54, 1.807) is 0 Å². The molecule has 2 unspecified atom stereocenters. The Balaban J connectivity index is 0.00000225. The standard InChI is InChI=1S/C12H24N2O.ClH/c1-4-14(9(2)3)12(15)10-6-5-7-11(13)8-10;/h9-11H,4-8,13H2,1-3H3;1H. The van der Waals surface area contributed by atoms with Crippen LogP contribution >= 0.6 is 12.4 Å². The number of rotatable bonds is 3. The number of hydrogen-bond donors (Lipinski definition) is 1. The monoisotopic (exact) mass is 248 g/mol. The third kappa shape index (κ3) is 3.95. The molecule has 96 valence electrons. The van der Waals surface area contributed by atoms with Gasteiger partial charge in [-0.25, -0.2) is 0 Å². The van der Waals surface area contributed by atoms with E-state index in [-0.39, 0.29) is 24.4 Å². The molecule has 16 heavy (non-hydrogen) atoms. The molecular weight excluding hydrogens is 224 g/mol. The van der Waals surface area contributed by atoms with Gasteiger partial charge in [-0.15, -0.1) is 12.4 Å². The van der Waals surface area contributed by atoms with E-state index in [1.807, 2.05) is 11.8 Å². The number of carbonyl (C=O) groups is 1. The summed E-state index contributed by atoms with van der Waals surface area (Å²) in [6.45, 7) is 7.00. The van der Waals surface area contributed by atoms with Crippen molar-refractivity contribution in [2.75, 3.05) is 6.54 Å². The van der Waals surface area contributed by atoms with Gasteiger partial charge >= 0.3 is 0 Å². The minimum absolute atomic E-state index is 0. The highest BCUT2D eigenvalue weighted by molar-refractivity contribution is 5.85. The average molecular weight is 249 g/mol. The molecule has 0 aromatic heterocycles. The van der Waals surface area contributed by atoms with E-state index in [9.17, 15) is 4.79 Å². The van der Waals surface area contributed by atoms with Crippen LogP contribution in [0.1, 0.15) is 46.5 Å². The van der Waals surface area contributed by atoms with Crippen LogP contribution in [0.5, 0.6) is 0 Å². The molecule has 1 aliphatic carbocycles. The molecular formula is C12H25ClN2O. The summed E-state index contributed by atoms with van der Waals surface area (Å²) in [6, 6.07) is 0.541. The first-order chi connectivity index (χ1) is 7.06. The molecule has 1 amide bonds. The van der Waals surface area contributed by atoms with Crippen LogP contribution in [0.15, 0.2) is 0 Å². The number of hydrogen-bond acceptors (Lipinski definition) is 2. The normalized spacial score (nSPS) is 25.1. The van der Waals surface area contributed by atoms with Crippen LogP contribution in [-0.2, 0) is 4.79 Å². The van der Waals surface area contributed by atoms with Crippen molar-refractivity contribution in [1.29, 1.82) is 0 Å². The number of nitrogens with two attached hydrogens (primary N) is 1. The fourth-order valence-electron chi connectivity index (χ4n) is 2.46. The lowest BCUT2D eigenvalue weighted by Crippen LogP contribution is -2.43. The lowest BCUT2D eigenvalue weighted by Gasteiger charge is -2.33. The zero-order valence-electron chi connectivity index (χ0n) is 10.6. The first kappa shape index (κ1) is 15.7. The molecule has 2 atom stereocenters. The summed E-state index contributed by atoms with van der Waals surface area (Å²) in [5.74, 6) is 0.485. The molecule has 0 aromatic rings. The van der Waals surface area contributed by atoms with E-state index >= 15 is 0 Å². The van der Waals surface area contributed by atoms with E-state index in [0.29, 0.717) is 11.9 Å². The number of amides is 1. The Bertz CT molecular complexity index is 221. The van der Waals surface area contributed by atoms with Crippen LogP contribution in [0.3, 0.4) is 0 Å². The third-order valence-electron chi connectivity index (χ3n) is 3.31. The SMILES string of the molecule is CCN(C(=O)C1CCCC(N)C1)C(C)C.Cl. The number of nitrogens with zero attached hydrogens (tertiary/aromatic N) is 1. The van der Waals surface area contributed by atoms with E-state index in [2.05, 4.69) is 13.8 Å². The topological polar surface area (TPSA) is 46.3 Å². The Kier molecular flexibility index (Phi) is 7.00. The maximum Gasteiger partial charge on any atom is 0.225 e. The molecule has 0 bridgehead atoms. The molecule has 1 aliphatic rings. The summed E-state index contributed by atoms with van der Waals surface area (Å²) >= 11 is 0. The highest BCUT2D eigenvalue weighted by Gasteiger charge is 2.29. The zero-order valence-corrected chi connectivity index (χ0v) is 11.4. The Morgan fingerprint density at radius 3 is 2.50 bits per heavy atom. The van der Waals surface area contributed by atoms with Gasteiger partial charge in [-0.3, -0.25) is 4.79 Å². The van der Waals surface area contributed by atoms with Crippen molar-refractivity contribution < 1.29 is 4.79 Å². The fraction of sp³-hybridized carbons (Fsp3) is 0.917. The number of carbonyl (C=O) groups excluding carboxylic acids is 1. The van der Waals surface area contributed by atoms with Crippen LogP contribution in [0.2, 0.25) is 0 Å². The summed E-state index contributed by atoms with van der Waals surface area (Å²) in [4.78, 5) is 14.1. The largest absolute Gasteiger partial charge is 0.340 e. The molecule has 2 N–H and O–H groups in total. The smallest absolute Gasteiger partial charge is 0.225 e. The fourth-order valence-corrected chi connectivity index (χ4v) is 2.46. The van der Waals surface area contributed by atoms with E-state index in [1.165, 1.54) is 0 Å². The predicted molar refractivity (Wildman–Crippen MR) is 69.7 cm³/mol. The maximum atomic E-state index is 12.2. The lowest BCUT2D eigenvalue weighted by molar-refractivity contribution is -0.138. The van der Waals surface area contributed by atoms with Crippen LogP contribution in [0.25, 0.3) is 0 Å². The summed E-state index contributed by atoms with van der Waals surface area (Å²) in [6.07, 6.45) is 4.09. The molecule has 3 nitrogen and oxygen atoms in total. The first-order valence-corrected chi connectivity index (χ1v) is 6.12. The second-order valence-corrected chi connectivity index (χ2v) is 4.84. The molecule has 0 heterocycles. The Labute approximate surface area is 105 Å². The third-order valence-corrected chi connectivity index (χ3v) is 3.31. The zero-order chi connectivity index (χ0) is 11.4. The Hall–Kier alpha value is -0.280. The minimum atomic E-state index is 0. The Morgan fingerprint density at radius 1 is 1.44 bits per heavy atom. The highest BCUT2D eigenvalue weighted by atomic mass is 35.5. The van der Waals surface area contributed by atoms with Crippen molar-refractivity contribution in [3.05, 3.63) is 0 Å². The summed E-state index contributed by atoms with van der Waals surface area (Å²) in [5.41, 5.74) is 5.91. The van der Waals surface area contributed by atoms with Crippen molar-refractivity contribution >= 4 is 18.3 Å². The summed E-state index contributed by atoms with van der Waals surface area (Å²) in [7, 11) is 0. The first-order valence-electron chi connectivity index (χ1n) is 6.12. The van der Waals surface area contributed by atoms with Gasteiger partial charge < -0.3 is 10.6 Å². The van der Waals surface area contributed by atoms with Gasteiger partial charge in [0.25, 0.3) is 0 Å². The Morgan fingerprint density at radius 2 is 2.06 bits per heavy atom. The minimum Gasteiger partial charge on any atom is -0.340 e. The van der Waals surface area contributed by atoms with Gasteiger partial charge in [-0.05, 0) is 40.0 Å². The van der Waals surface area contributed by atoms with Gasteiger partial charge in [0.2, 0.25) is 5.91 Å². The molecule has 0 aromatic carbocycles. The van der Waals surface area contributed by atoms with Gasteiger partial charge in [-0.2, -0.15) is 0 Å². The van der Waals surface area contributed by atoms with Gasteiger partial charge in [0.1, 0.15) is 0 Å². The molecule has 4 heteroatoms. The van der Waals surface area contributed by atoms with E-state index in [4.69, 9.17) is 5.73 Å². The van der Waals surface area contributed by atoms with Crippen LogP contribution in [0.4, 0.5) is 0 Å². The van der Waals surface area contributed by atoms with Crippen molar-refractivity contribution in [2.45, 2.75) is 58.5 Å².